The van der Waals surface area contributed by atoms with Crippen molar-refractivity contribution >= 4 is 97.1 Å². The first-order valence-electron chi connectivity index (χ1n) is 44.5. The fourth-order valence-electron chi connectivity index (χ4n) is 13.3. The van der Waals surface area contributed by atoms with Gasteiger partial charge < -0.3 is 0 Å². The van der Waals surface area contributed by atoms with Crippen LogP contribution in [0.15, 0.2) is 221 Å². The lowest BCUT2D eigenvalue weighted by Crippen LogP contribution is -2.08. The monoisotopic (exact) mass is 2000 g/mol. The van der Waals surface area contributed by atoms with Gasteiger partial charge >= 0.3 is 0 Å². The second-order valence-electron chi connectivity index (χ2n) is 35.9. The normalized spacial score (nSPS) is 12.3. The largest absolute Gasteiger partial charge is 0.264 e. The third-order valence-corrected chi connectivity index (χ3v) is 29.5. The van der Waals surface area contributed by atoms with Gasteiger partial charge in [0, 0.05) is 56.4 Å². The van der Waals surface area contributed by atoms with Crippen LogP contribution in [0.3, 0.4) is 0 Å². The lowest BCUT2D eigenvalue weighted by Gasteiger charge is -2.10. The maximum atomic E-state index is 13.7. The highest BCUT2D eigenvalue weighted by Crippen LogP contribution is 2.39. The molecular weight excluding hydrogens is 1880 g/mol. The molecule has 4 heterocycles. The van der Waals surface area contributed by atoms with E-state index >= 15 is 0 Å². The quantitative estimate of drug-likeness (QED) is 0.0574. The molecule has 2 saturated carbocycles. The Morgan fingerprint density at radius 3 is 0.948 bits per heavy atom. The molecule has 135 heavy (non-hydrogen) atoms. The summed E-state index contributed by atoms with van der Waals surface area (Å²) < 4.78 is 149. The van der Waals surface area contributed by atoms with Crippen LogP contribution in [-0.2, 0) is 39.3 Å². The van der Waals surface area contributed by atoms with E-state index in [0.717, 1.165) is 75.5 Å². The molecule has 8 aromatic carbocycles. The van der Waals surface area contributed by atoms with Crippen molar-refractivity contribution < 1.29 is 51.2 Å². The van der Waals surface area contributed by atoms with Gasteiger partial charge in [-0.05, 0) is 264 Å². The average molecular weight is 2000 g/mol. The van der Waals surface area contributed by atoms with E-state index in [-0.39, 0.29) is 60.5 Å². The van der Waals surface area contributed by atoms with E-state index < -0.39 is 51.0 Å². The van der Waals surface area contributed by atoms with Gasteiger partial charge in [0.15, 0.2) is 50.7 Å². The Kier molecular flexibility index (Phi) is 45.4. The van der Waals surface area contributed by atoms with Crippen LogP contribution in [-0.4, -0.2) is 96.2 Å². The van der Waals surface area contributed by atoms with Gasteiger partial charge in [-0.15, -0.1) is 0 Å². The summed E-state index contributed by atoms with van der Waals surface area (Å²) in [4.78, 5) is 23.4. The van der Waals surface area contributed by atoms with Gasteiger partial charge in [0.2, 0.25) is 0 Å². The van der Waals surface area contributed by atoms with Crippen molar-refractivity contribution in [1.29, 1.82) is 0 Å². The second-order valence-corrected chi connectivity index (χ2v) is 46.0. The van der Waals surface area contributed by atoms with Crippen LogP contribution in [0.1, 0.15) is 296 Å². The van der Waals surface area contributed by atoms with Crippen LogP contribution in [0.2, 0.25) is 20.1 Å². The molecular formula is C105H128Cl4F4N10O8S4. The molecule has 2 aliphatic rings. The van der Waals surface area contributed by atoms with E-state index in [4.69, 9.17) is 59.5 Å². The van der Waals surface area contributed by atoms with Crippen molar-refractivity contribution in [2.24, 2.45) is 0 Å². The molecule has 0 radical (unpaired) electrons. The molecule has 2 aliphatic carbocycles. The number of nitrogens with zero attached hydrogens (tertiary/aromatic N) is 10. The minimum absolute atomic E-state index is 0.0272. The topological polar surface area (TPSA) is 232 Å². The van der Waals surface area contributed by atoms with Crippen LogP contribution >= 0.6 is 46.4 Å². The molecule has 0 spiro atoms. The highest BCUT2D eigenvalue weighted by Gasteiger charge is 2.38. The van der Waals surface area contributed by atoms with Crippen molar-refractivity contribution in [2.45, 2.75) is 274 Å². The standard InChI is InChI=1S/C12H15ClO2S.C12H15FO2S.C11H12ClN3.C11H12FN3.C10H10ClN.C10H13ClO2S.C10H10FN.C10H13FO2S.C10H15N.C9H13N/c2*1-8(2)11-6-5-10(7-12(11)13)16(14,15)9-3-4-9;2*1-8(2)10-4-3-9(5-11(10)12)15-7-13-6-14-15;1-7(2)9-5-4-8(12-3)6-10(9)11;1-7(2)9-5-4-8(6-10(9)11)14(3,12)13;1-7(2)9-5-4-8(12-3)6-10(9)11;1-7(2)9-5-4-8(6-10(9)11)14(3,12)13;1-7(2)10-6-5-8(3)11-9(10)4;1-7(2)9-4-5-10-6-8(9)3/h2*5-9H,3-4H2,1-2H3;2*3-8H,1-2H3;4-7H,1-2H3;4-7H,1-3H3;4-7H,1-2H3;4-7H,1-3H3;5-7H,1-4H3;4-7H,1-3H3. The minimum atomic E-state index is -3.31. The van der Waals surface area contributed by atoms with Gasteiger partial charge in [-0.25, -0.2) is 80.3 Å². The van der Waals surface area contributed by atoms with Gasteiger partial charge in [-0.2, -0.15) is 10.2 Å². The van der Waals surface area contributed by atoms with E-state index in [1.54, 1.807) is 78.0 Å². The molecule has 30 heteroatoms. The zero-order valence-corrected chi connectivity index (χ0v) is 88.0. The molecule has 0 atom stereocenters. The van der Waals surface area contributed by atoms with Crippen LogP contribution in [0.4, 0.5) is 28.9 Å². The Labute approximate surface area is 819 Å². The first-order valence-corrected chi connectivity index (χ1v) is 52.9. The van der Waals surface area contributed by atoms with E-state index in [1.807, 2.05) is 139 Å². The Morgan fingerprint density at radius 1 is 0.341 bits per heavy atom. The summed E-state index contributed by atoms with van der Waals surface area (Å²) in [6, 6.07) is 45.6. The molecule has 0 N–H and O–H groups in total. The summed E-state index contributed by atoms with van der Waals surface area (Å²) in [7, 11) is -12.8. The molecule has 0 unspecified atom stereocenters. The third kappa shape index (κ3) is 36.1. The lowest BCUT2D eigenvalue weighted by atomic mass is 10.0. The van der Waals surface area contributed by atoms with E-state index in [0.29, 0.717) is 102 Å². The molecule has 4 aromatic heterocycles. The minimum Gasteiger partial charge on any atom is -0.264 e. The predicted molar refractivity (Wildman–Crippen MR) is 544 cm³/mol. The number of benzene rings is 8. The molecule has 0 aliphatic heterocycles. The molecule has 14 rings (SSSR count). The molecule has 0 saturated heterocycles. The number of hydrogen-bond donors (Lipinski definition) is 0. The van der Waals surface area contributed by atoms with Crippen molar-refractivity contribution in [2.75, 3.05) is 12.5 Å². The Bertz CT molecular complexity index is 6140. The number of sulfone groups is 4. The summed E-state index contributed by atoms with van der Waals surface area (Å²) in [6.45, 7) is 60.2. The van der Waals surface area contributed by atoms with Crippen LogP contribution in [0.25, 0.3) is 21.1 Å². The SMILES string of the molecule is CC(C)c1ccc(-n2cncn2)cc1Cl.CC(C)c1ccc(-n2cncn2)cc1F.CC(C)c1ccc(S(=O)(=O)C2CC2)cc1Cl.CC(C)c1ccc(S(=O)(=O)C2CC2)cc1F.CC(C)c1ccc(S(C)(=O)=O)cc1Cl.CC(C)c1ccc(S(C)(=O)=O)cc1F.Cc1ccc(C(C)C)c(C)n1.Cc1cnccc1C(C)C.[C-]#[N+]c1ccc(C(C)C)c(Cl)c1.[C-]#[N+]c1ccc(C(C)C)c(F)c1. The highest BCUT2D eigenvalue weighted by molar-refractivity contribution is 7.92. The number of aryl methyl sites for hydroxylation is 3. The van der Waals surface area contributed by atoms with Gasteiger partial charge in [0.1, 0.15) is 48.6 Å². The number of pyridine rings is 2. The van der Waals surface area contributed by atoms with Crippen molar-refractivity contribution in [3.63, 3.8) is 0 Å². The Balaban J connectivity index is 0.000000266. The zero-order valence-electron chi connectivity index (χ0n) is 81.7. The van der Waals surface area contributed by atoms with E-state index in [1.165, 1.54) is 82.4 Å². The van der Waals surface area contributed by atoms with Gasteiger partial charge in [-0.3, -0.25) is 9.97 Å². The average Bonchev–Trinajstić information content (AvgIpc) is 1.64. The van der Waals surface area contributed by atoms with Crippen molar-refractivity contribution in [3.8, 4) is 11.4 Å². The molecule has 0 amide bonds. The van der Waals surface area contributed by atoms with Gasteiger partial charge in [0.05, 0.1) is 54.6 Å². The van der Waals surface area contributed by atoms with E-state index in [9.17, 15) is 51.2 Å². The summed E-state index contributed by atoms with van der Waals surface area (Å²) in [5.41, 5.74) is 15.6. The summed E-state index contributed by atoms with van der Waals surface area (Å²) in [5, 5.41) is 10.1. The van der Waals surface area contributed by atoms with Crippen molar-refractivity contribution in [1.82, 2.24) is 39.5 Å². The summed E-state index contributed by atoms with van der Waals surface area (Å²) in [6.07, 6.45) is 15.1. The van der Waals surface area contributed by atoms with Crippen LogP contribution in [0.5, 0.6) is 0 Å². The number of hydrogen-bond acceptors (Lipinski definition) is 14. The summed E-state index contributed by atoms with van der Waals surface area (Å²) in [5.74, 6) is 1.80. The predicted octanol–water partition coefficient (Wildman–Crippen LogP) is 29.9. The maximum Gasteiger partial charge on any atom is 0.190 e. The second kappa shape index (κ2) is 53.1. The maximum absolute atomic E-state index is 13.7. The first kappa shape index (κ1) is 115. The zero-order chi connectivity index (χ0) is 102. The highest BCUT2D eigenvalue weighted by atomic mass is 35.5. The van der Waals surface area contributed by atoms with Crippen molar-refractivity contribution in [3.05, 3.63) is 340 Å². The molecule has 2 fully saturated rings. The first-order chi connectivity index (χ1) is 63.0. The number of aromatic nitrogens is 8. The molecule has 12 aromatic rings. The third-order valence-electron chi connectivity index (χ3n) is 21.4. The lowest BCUT2D eigenvalue weighted by molar-refractivity contribution is 0.581. The van der Waals surface area contributed by atoms with Gasteiger partial charge in [0.25, 0.3) is 0 Å². The Hall–Kier alpha value is -10.0. The molecule has 0 bridgehead atoms. The van der Waals surface area contributed by atoms with Crippen LogP contribution < -0.4 is 0 Å². The fraction of sp³-hybridized carbons (Fsp3) is 0.390. The Morgan fingerprint density at radius 2 is 0.637 bits per heavy atom. The molecule has 726 valence electrons. The summed E-state index contributed by atoms with van der Waals surface area (Å²) >= 11 is 24.2. The fourth-order valence-corrected chi connectivity index (χ4v) is 19.7. The number of halogens is 8. The van der Waals surface area contributed by atoms with Gasteiger partial charge in [-0.1, -0.05) is 252 Å². The van der Waals surface area contributed by atoms with Crippen LogP contribution in [0, 0.1) is 57.2 Å². The van der Waals surface area contributed by atoms with E-state index in [2.05, 4.69) is 127 Å². The smallest absolute Gasteiger partial charge is 0.190 e. The number of rotatable bonds is 18. The molecule has 18 nitrogen and oxygen atoms in total.